The Morgan fingerprint density at radius 1 is 1.53 bits per heavy atom. The fourth-order valence-corrected chi connectivity index (χ4v) is 1.55. The van der Waals surface area contributed by atoms with Crippen LogP contribution in [0.3, 0.4) is 0 Å². The van der Waals surface area contributed by atoms with E-state index in [4.69, 9.17) is 0 Å². The molecule has 2 N–H and O–H groups in total. The second kappa shape index (κ2) is 6.03. The molecule has 0 saturated carbocycles. The first-order chi connectivity index (χ1) is 8.02. The molecule has 0 saturated heterocycles. The molecule has 0 aliphatic carbocycles. The number of amides is 1. The average molecular weight is 239 g/mol. The molecular formula is C11H17N3O3. The van der Waals surface area contributed by atoms with Crippen LogP contribution in [-0.4, -0.2) is 21.5 Å². The van der Waals surface area contributed by atoms with E-state index < -0.39 is 11.2 Å². The van der Waals surface area contributed by atoms with Crippen LogP contribution in [0.2, 0.25) is 0 Å². The third kappa shape index (κ3) is 4.26. The lowest BCUT2D eigenvalue weighted by Gasteiger charge is -2.13. The van der Waals surface area contributed by atoms with Crippen LogP contribution in [0, 0.1) is 0 Å². The fourth-order valence-electron chi connectivity index (χ4n) is 1.55. The van der Waals surface area contributed by atoms with E-state index in [1.165, 1.54) is 12.3 Å². The minimum absolute atomic E-state index is 0.0797. The van der Waals surface area contributed by atoms with Crippen LogP contribution in [0.15, 0.2) is 21.9 Å². The Morgan fingerprint density at radius 3 is 2.82 bits per heavy atom. The summed E-state index contributed by atoms with van der Waals surface area (Å²) >= 11 is 0. The van der Waals surface area contributed by atoms with Crippen molar-refractivity contribution in [1.29, 1.82) is 0 Å². The van der Waals surface area contributed by atoms with Gasteiger partial charge in [0, 0.05) is 18.3 Å². The average Bonchev–Trinajstić information content (AvgIpc) is 2.22. The predicted octanol–water partition coefficient (Wildman–Crippen LogP) is -0.159. The van der Waals surface area contributed by atoms with Crippen LogP contribution in [0.1, 0.15) is 26.7 Å². The van der Waals surface area contributed by atoms with Gasteiger partial charge in [0.15, 0.2) is 0 Å². The van der Waals surface area contributed by atoms with Crippen LogP contribution >= 0.6 is 0 Å². The number of aromatic nitrogens is 2. The lowest BCUT2D eigenvalue weighted by molar-refractivity contribution is -0.122. The Labute approximate surface area is 98.7 Å². The number of aromatic amines is 1. The molecule has 0 bridgehead atoms. The third-order valence-electron chi connectivity index (χ3n) is 2.34. The number of nitrogens with zero attached hydrogens (tertiary/aromatic N) is 1. The van der Waals surface area contributed by atoms with Crippen molar-refractivity contribution in [3.63, 3.8) is 0 Å². The molecule has 17 heavy (non-hydrogen) atoms. The van der Waals surface area contributed by atoms with Crippen molar-refractivity contribution < 1.29 is 4.79 Å². The molecule has 1 heterocycles. The number of hydrogen-bond donors (Lipinski definition) is 2. The monoisotopic (exact) mass is 239 g/mol. The van der Waals surface area contributed by atoms with Gasteiger partial charge in [-0.05, 0) is 13.3 Å². The highest BCUT2D eigenvalue weighted by atomic mass is 16.2. The second-order valence-corrected chi connectivity index (χ2v) is 4.00. The summed E-state index contributed by atoms with van der Waals surface area (Å²) in [4.78, 5) is 35.8. The van der Waals surface area contributed by atoms with E-state index in [0.717, 1.165) is 17.4 Å². The molecule has 6 heteroatoms. The van der Waals surface area contributed by atoms with Crippen LogP contribution in [-0.2, 0) is 11.3 Å². The maximum Gasteiger partial charge on any atom is 0.328 e. The quantitative estimate of drug-likeness (QED) is 0.749. The normalized spacial score (nSPS) is 12.1. The molecule has 0 aliphatic rings. The number of carbonyl (C=O) groups excluding carboxylic acids is 1. The van der Waals surface area contributed by atoms with Gasteiger partial charge in [-0.15, -0.1) is 0 Å². The van der Waals surface area contributed by atoms with Gasteiger partial charge in [0.1, 0.15) is 6.54 Å². The van der Waals surface area contributed by atoms with E-state index in [0.29, 0.717) is 0 Å². The number of rotatable bonds is 5. The van der Waals surface area contributed by atoms with Crippen molar-refractivity contribution in [2.75, 3.05) is 0 Å². The van der Waals surface area contributed by atoms with Gasteiger partial charge in [-0.1, -0.05) is 13.3 Å². The minimum atomic E-state index is -0.573. The van der Waals surface area contributed by atoms with Crippen LogP contribution in [0.4, 0.5) is 0 Å². The summed E-state index contributed by atoms with van der Waals surface area (Å²) in [6.45, 7) is 3.87. The zero-order valence-corrected chi connectivity index (χ0v) is 10.0. The lowest BCUT2D eigenvalue weighted by Crippen LogP contribution is -2.38. The summed E-state index contributed by atoms with van der Waals surface area (Å²) in [6, 6.07) is 1.30. The Hall–Kier alpha value is -1.85. The molecule has 1 atom stereocenters. The molecule has 94 valence electrons. The Kier molecular flexibility index (Phi) is 4.68. The molecule has 0 unspecified atom stereocenters. The molecule has 1 aromatic rings. The first-order valence-corrected chi connectivity index (χ1v) is 5.62. The summed E-state index contributed by atoms with van der Waals surface area (Å²) in [6.07, 6.45) is 3.19. The van der Waals surface area contributed by atoms with Crippen molar-refractivity contribution in [3.8, 4) is 0 Å². The largest absolute Gasteiger partial charge is 0.352 e. The highest BCUT2D eigenvalue weighted by molar-refractivity contribution is 5.75. The minimum Gasteiger partial charge on any atom is -0.352 e. The van der Waals surface area contributed by atoms with Crippen LogP contribution in [0.5, 0.6) is 0 Å². The smallest absolute Gasteiger partial charge is 0.328 e. The summed E-state index contributed by atoms with van der Waals surface area (Å²) in [5, 5.41) is 2.78. The number of carbonyl (C=O) groups is 1. The zero-order chi connectivity index (χ0) is 12.8. The summed E-state index contributed by atoms with van der Waals surface area (Å²) in [5.74, 6) is -0.236. The molecule has 6 nitrogen and oxygen atoms in total. The van der Waals surface area contributed by atoms with E-state index in [1.807, 2.05) is 13.8 Å². The van der Waals surface area contributed by atoms with Crippen molar-refractivity contribution >= 4 is 5.91 Å². The van der Waals surface area contributed by atoms with Gasteiger partial charge in [0.05, 0.1) is 0 Å². The SMILES string of the molecule is CCC[C@@H](C)NC(=O)Cn1ccc(=O)[nH]c1=O. The first-order valence-electron chi connectivity index (χ1n) is 5.62. The predicted molar refractivity (Wildman–Crippen MR) is 63.8 cm³/mol. The Balaban J connectivity index is 2.62. The third-order valence-corrected chi connectivity index (χ3v) is 2.34. The number of hydrogen-bond acceptors (Lipinski definition) is 3. The Bertz CT molecular complexity index is 489. The van der Waals surface area contributed by atoms with E-state index in [1.54, 1.807) is 0 Å². The highest BCUT2D eigenvalue weighted by Crippen LogP contribution is 1.94. The van der Waals surface area contributed by atoms with Gasteiger partial charge in [-0.25, -0.2) is 4.79 Å². The zero-order valence-electron chi connectivity index (χ0n) is 10.0. The van der Waals surface area contributed by atoms with E-state index in [9.17, 15) is 14.4 Å². The first kappa shape index (κ1) is 13.2. The standard InChI is InChI=1S/C11H17N3O3/c1-3-4-8(2)12-10(16)7-14-6-5-9(15)13-11(14)17/h5-6,8H,3-4,7H2,1-2H3,(H,12,16)(H,13,15,17)/t8-/m1/s1. The van der Waals surface area contributed by atoms with Gasteiger partial charge in [-0.2, -0.15) is 0 Å². The second-order valence-electron chi connectivity index (χ2n) is 4.00. The molecule has 0 fully saturated rings. The number of nitrogens with one attached hydrogen (secondary N) is 2. The van der Waals surface area contributed by atoms with Gasteiger partial charge < -0.3 is 5.32 Å². The van der Waals surface area contributed by atoms with Gasteiger partial charge >= 0.3 is 5.69 Å². The molecule has 0 aliphatic heterocycles. The van der Waals surface area contributed by atoms with Crippen LogP contribution < -0.4 is 16.6 Å². The van der Waals surface area contributed by atoms with Gasteiger partial charge in [-0.3, -0.25) is 19.1 Å². The van der Waals surface area contributed by atoms with Crippen LogP contribution in [0.25, 0.3) is 0 Å². The number of H-pyrrole nitrogens is 1. The molecule has 0 radical (unpaired) electrons. The molecule has 0 spiro atoms. The van der Waals surface area contributed by atoms with Crippen molar-refractivity contribution in [2.24, 2.45) is 0 Å². The molecule has 1 amide bonds. The summed E-state index contributed by atoms with van der Waals surface area (Å²) in [5.41, 5.74) is -1.04. The molecule has 1 rings (SSSR count). The van der Waals surface area contributed by atoms with Crippen molar-refractivity contribution in [1.82, 2.24) is 14.9 Å². The highest BCUT2D eigenvalue weighted by Gasteiger charge is 2.07. The topological polar surface area (TPSA) is 84.0 Å². The van der Waals surface area contributed by atoms with E-state index >= 15 is 0 Å². The lowest BCUT2D eigenvalue weighted by atomic mass is 10.2. The maximum atomic E-state index is 11.6. The molecule has 1 aromatic heterocycles. The maximum absolute atomic E-state index is 11.6. The van der Waals surface area contributed by atoms with Gasteiger partial charge in [0.2, 0.25) is 5.91 Å². The van der Waals surface area contributed by atoms with Gasteiger partial charge in [0.25, 0.3) is 5.56 Å². The molecular weight excluding hydrogens is 222 g/mol. The summed E-state index contributed by atoms with van der Waals surface area (Å²) < 4.78 is 1.16. The molecule has 0 aromatic carbocycles. The van der Waals surface area contributed by atoms with Crippen molar-refractivity contribution in [3.05, 3.63) is 33.1 Å². The van der Waals surface area contributed by atoms with E-state index in [-0.39, 0.29) is 18.5 Å². The fraction of sp³-hybridized carbons (Fsp3) is 0.545. The van der Waals surface area contributed by atoms with E-state index in [2.05, 4.69) is 10.3 Å². The summed E-state index contributed by atoms with van der Waals surface area (Å²) in [7, 11) is 0. The Morgan fingerprint density at radius 2 is 2.24 bits per heavy atom. The van der Waals surface area contributed by atoms with Crippen molar-refractivity contribution in [2.45, 2.75) is 39.3 Å².